The number of aromatic amines is 1. The molecule has 0 atom stereocenters. The second kappa shape index (κ2) is 7.22. The molecule has 1 heterocycles. The van der Waals surface area contributed by atoms with E-state index in [9.17, 15) is 4.39 Å². The predicted molar refractivity (Wildman–Crippen MR) is 104 cm³/mol. The Kier molecular flexibility index (Phi) is 5.05. The van der Waals surface area contributed by atoms with E-state index >= 15 is 0 Å². The van der Waals surface area contributed by atoms with E-state index in [0.717, 1.165) is 51.2 Å². The third-order valence-corrected chi connectivity index (χ3v) is 4.74. The van der Waals surface area contributed by atoms with Crippen molar-refractivity contribution in [3.05, 3.63) is 54.0 Å². The van der Waals surface area contributed by atoms with Gasteiger partial charge >= 0.3 is 0 Å². The van der Waals surface area contributed by atoms with Crippen LogP contribution in [0.1, 0.15) is 18.9 Å². The molecule has 0 saturated heterocycles. The summed E-state index contributed by atoms with van der Waals surface area (Å²) in [5.74, 6) is 0.871. The fraction of sp³-hybridized carbons (Fsp3) is 0.250. The fourth-order valence-electron chi connectivity index (χ4n) is 2.80. The lowest BCUT2D eigenvalue weighted by Gasteiger charge is -2.06. The number of aryl methyl sites for hydroxylation is 1. The summed E-state index contributed by atoms with van der Waals surface area (Å²) >= 11 is 1.84. The van der Waals surface area contributed by atoms with E-state index in [-0.39, 0.29) is 5.82 Å². The van der Waals surface area contributed by atoms with Crippen LogP contribution in [0.3, 0.4) is 0 Å². The molecule has 1 aromatic heterocycles. The van der Waals surface area contributed by atoms with Gasteiger partial charge in [-0.2, -0.15) is 11.8 Å². The molecule has 3 aromatic rings. The van der Waals surface area contributed by atoms with Gasteiger partial charge < -0.3 is 4.98 Å². The summed E-state index contributed by atoms with van der Waals surface area (Å²) in [6.07, 6.45) is 5.06. The second-order valence-electron chi connectivity index (χ2n) is 5.98. The molecule has 4 heteroatoms. The molecule has 2 aromatic carbocycles. The van der Waals surface area contributed by atoms with Gasteiger partial charge in [-0.3, -0.25) is 4.99 Å². The maximum atomic E-state index is 13.3. The van der Waals surface area contributed by atoms with Gasteiger partial charge in [0.05, 0.1) is 5.69 Å². The van der Waals surface area contributed by atoms with Crippen LogP contribution in [0.25, 0.3) is 22.0 Å². The Balaban J connectivity index is 1.94. The first-order valence-electron chi connectivity index (χ1n) is 7.99. The second-order valence-corrected chi connectivity index (χ2v) is 6.97. The Labute approximate surface area is 146 Å². The zero-order valence-corrected chi connectivity index (χ0v) is 15.0. The van der Waals surface area contributed by atoms with Gasteiger partial charge in [0.15, 0.2) is 0 Å². The van der Waals surface area contributed by atoms with Crippen LogP contribution in [0.4, 0.5) is 10.1 Å². The first-order chi connectivity index (χ1) is 11.6. The van der Waals surface area contributed by atoms with E-state index < -0.39 is 0 Å². The minimum Gasteiger partial charge on any atom is -0.360 e. The van der Waals surface area contributed by atoms with E-state index in [0.29, 0.717) is 0 Å². The molecule has 0 radical (unpaired) electrons. The van der Waals surface area contributed by atoms with Crippen LogP contribution in [0.15, 0.2) is 47.6 Å². The third kappa shape index (κ3) is 3.54. The SMILES string of the molecule is CSCCC(C)=Nc1ccc(-c2c[nH]c3cc(F)ccc23)cc1C. The van der Waals surface area contributed by atoms with Crippen LogP contribution < -0.4 is 0 Å². The molecule has 2 nitrogen and oxygen atoms in total. The van der Waals surface area contributed by atoms with E-state index in [2.05, 4.69) is 43.3 Å². The van der Waals surface area contributed by atoms with Crippen LogP contribution in [-0.2, 0) is 0 Å². The summed E-state index contributed by atoms with van der Waals surface area (Å²) in [6.45, 7) is 4.16. The molecule has 0 fully saturated rings. The molecule has 3 rings (SSSR count). The molecule has 0 aliphatic rings. The van der Waals surface area contributed by atoms with Crippen LogP contribution in [0.5, 0.6) is 0 Å². The number of hydrogen-bond acceptors (Lipinski definition) is 2. The van der Waals surface area contributed by atoms with E-state index in [1.54, 1.807) is 0 Å². The molecule has 24 heavy (non-hydrogen) atoms. The maximum Gasteiger partial charge on any atom is 0.125 e. The summed E-state index contributed by atoms with van der Waals surface area (Å²) in [5.41, 5.74) is 6.34. The number of H-pyrrole nitrogens is 1. The predicted octanol–water partition coefficient (Wildman–Crippen LogP) is 6.13. The average molecular weight is 340 g/mol. The molecule has 0 spiro atoms. The topological polar surface area (TPSA) is 28.1 Å². The van der Waals surface area contributed by atoms with Gasteiger partial charge in [0.1, 0.15) is 5.82 Å². The standard InChI is InChI=1S/C20H21FN2S/c1-13-10-15(4-7-19(13)23-14(2)8-9-24-3)18-12-22-20-11-16(21)5-6-17(18)20/h4-7,10-12,22H,8-9H2,1-3H3. The van der Waals surface area contributed by atoms with Crippen LogP contribution in [0.2, 0.25) is 0 Å². The van der Waals surface area contributed by atoms with Crippen molar-refractivity contribution in [2.45, 2.75) is 20.3 Å². The number of hydrogen-bond donors (Lipinski definition) is 1. The van der Waals surface area contributed by atoms with Gasteiger partial charge in [0.2, 0.25) is 0 Å². The van der Waals surface area contributed by atoms with Gasteiger partial charge in [0.25, 0.3) is 0 Å². The van der Waals surface area contributed by atoms with E-state index in [4.69, 9.17) is 4.99 Å². The van der Waals surface area contributed by atoms with Crippen molar-refractivity contribution in [2.24, 2.45) is 4.99 Å². The number of nitrogens with zero attached hydrogens (tertiary/aromatic N) is 1. The van der Waals surface area contributed by atoms with Crippen molar-refractivity contribution in [1.29, 1.82) is 0 Å². The zero-order valence-electron chi connectivity index (χ0n) is 14.2. The molecular weight excluding hydrogens is 319 g/mol. The molecule has 0 aliphatic heterocycles. The molecule has 0 aliphatic carbocycles. The smallest absolute Gasteiger partial charge is 0.125 e. The van der Waals surface area contributed by atoms with Crippen molar-refractivity contribution in [2.75, 3.05) is 12.0 Å². The lowest BCUT2D eigenvalue weighted by molar-refractivity contribution is 0.629. The Morgan fingerprint density at radius 1 is 1.21 bits per heavy atom. The summed E-state index contributed by atoms with van der Waals surface area (Å²) in [7, 11) is 0. The highest BCUT2D eigenvalue weighted by molar-refractivity contribution is 7.98. The average Bonchev–Trinajstić information content (AvgIpc) is 2.97. The molecule has 1 N–H and O–H groups in total. The van der Waals surface area contributed by atoms with Crippen molar-refractivity contribution < 1.29 is 4.39 Å². The Morgan fingerprint density at radius 2 is 2.04 bits per heavy atom. The largest absolute Gasteiger partial charge is 0.360 e. The van der Waals surface area contributed by atoms with E-state index in [1.165, 1.54) is 12.1 Å². The quantitative estimate of drug-likeness (QED) is 0.556. The fourth-order valence-corrected chi connectivity index (χ4v) is 3.30. The normalized spacial score (nSPS) is 12.1. The molecule has 0 saturated carbocycles. The Morgan fingerprint density at radius 3 is 2.79 bits per heavy atom. The Bertz CT molecular complexity index is 896. The van der Waals surface area contributed by atoms with Crippen LogP contribution >= 0.6 is 11.8 Å². The summed E-state index contributed by atoms with van der Waals surface area (Å²) in [4.78, 5) is 7.89. The molecule has 0 amide bonds. The van der Waals surface area contributed by atoms with Gasteiger partial charge in [-0.05, 0) is 73.7 Å². The van der Waals surface area contributed by atoms with Crippen LogP contribution in [0, 0.1) is 12.7 Å². The van der Waals surface area contributed by atoms with Crippen molar-refractivity contribution >= 4 is 34.1 Å². The highest BCUT2D eigenvalue weighted by Crippen LogP contribution is 2.32. The number of fused-ring (bicyclic) bond motifs is 1. The van der Waals surface area contributed by atoms with Crippen LogP contribution in [-0.4, -0.2) is 22.7 Å². The summed E-state index contributed by atoms with van der Waals surface area (Å²) < 4.78 is 13.3. The molecule has 0 bridgehead atoms. The third-order valence-electron chi connectivity index (χ3n) is 4.13. The maximum absolute atomic E-state index is 13.3. The number of thioether (sulfide) groups is 1. The molecule has 0 unspecified atom stereocenters. The number of benzene rings is 2. The first-order valence-corrected chi connectivity index (χ1v) is 9.38. The van der Waals surface area contributed by atoms with Crippen molar-refractivity contribution in [1.82, 2.24) is 4.98 Å². The zero-order chi connectivity index (χ0) is 17.1. The number of aromatic nitrogens is 1. The minimum absolute atomic E-state index is 0.225. The van der Waals surface area contributed by atoms with Crippen molar-refractivity contribution in [3.8, 4) is 11.1 Å². The van der Waals surface area contributed by atoms with Gasteiger partial charge in [0, 0.05) is 28.4 Å². The lowest BCUT2D eigenvalue weighted by atomic mass is 10.0. The lowest BCUT2D eigenvalue weighted by Crippen LogP contribution is -1.93. The number of nitrogens with one attached hydrogen (secondary N) is 1. The monoisotopic (exact) mass is 340 g/mol. The summed E-state index contributed by atoms with van der Waals surface area (Å²) in [6, 6.07) is 11.1. The van der Waals surface area contributed by atoms with E-state index in [1.807, 2.05) is 24.0 Å². The van der Waals surface area contributed by atoms with Crippen molar-refractivity contribution in [3.63, 3.8) is 0 Å². The van der Waals surface area contributed by atoms with Gasteiger partial charge in [-0.15, -0.1) is 0 Å². The molecular formula is C20H21FN2S. The number of halogens is 1. The minimum atomic E-state index is -0.225. The number of aliphatic imine (C=N–C) groups is 1. The molecule has 124 valence electrons. The Hall–Kier alpha value is -2.07. The highest BCUT2D eigenvalue weighted by atomic mass is 32.2. The van der Waals surface area contributed by atoms with Gasteiger partial charge in [-0.1, -0.05) is 6.07 Å². The van der Waals surface area contributed by atoms with Gasteiger partial charge in [-0.25, -0.2) is 4.39 Å². The summed E-state index contributed by atoms with van der Waals surface area (Å²) in [5, 5.41) is 1.03. The first kappa shape index (κ1) is 16.8. The number of rotatable bonds is 5. The highest BCUT2D eigenvalue weighted by Gasteiger charge is 2.08.